The molecule has 3 rings (SSSR count). The summed E-state index contributed by atoms with van der Waals surface area (Å²) in [5.74, 6) is -0.0803. The summed E-state index contributed by atoms with van der Waals surface area (Å²) in [4.78, 5) is 14.8. The van der Waals surface area contributed by atoms with E-state index in [1.165, 1.54) is 7.05 Å². The predicted octanol–water partition coefficient (Wildman–Crippen LogP) is 2.78. The minimum atomic E-state index is -3.44. The number of hydrogen-bond acceptors (Lipinski definition) is 5. The molecular formula is C22H29N3O4S. The number of hydrogen-bond donors (Lipinski definition) is 2. The molecular weight excluding hydrogens is 402 g/mol. The quantitative estimate of drug-likeness (QED) is 0.704. The van der Waals surface area contributed by atoms with E-state index in [-0.39, 0.29) is 23.0 Å². The van der Waals surface area contributed by atoms with Gasteiger partial charge in [-0.1, -0.05) is 12.1 Å². The molecule has 2 unspecified atom stereocenters. The standard InChI is InChI=1S/C22H29N3O4S/c1-16-14-25(15-17(2)29-16)20-9-7-19(8-10-20)24-22(26)13-6-18-4-11-21(12-5-18)30(27,28)23-3/h4-5,7-12,16-17,23H,6,13-15H2,1-3H3,(H,24,26). The van der Waals surface area contributed by atoms with E-state index in [1.807, 2.05) is 24.3 Å². The number of amides is 1. The van der Waals surface area contributed by atoms with E-state index in [2.05, 4.69) is 28.8 Å². The van der Waals surface area contributed by atoms with Crippen LogP contribution in [0.4, 0.5) is 11.4 Å². The molecule has 1 fully saturated rings. The molecule has 0 aliphatic carbocycles. The number of nitrogens with one attached hydrogen (secondary N) is 2. The number of rotatable bonds is 7. The van der Waals surface area contributed by atoms with Gasteiger partial charge in [0.25, 0.3) is 0 Å². The van der Waals surface area contributed by atoms with Crippen LogP contribution in [0.1, 0.15) is 25.8 Å². The molecule has 8 heteroatoms. The van der Waals surface area contributed by atoms with Crippen LogP contribution >= 0.6 is 0 Å². The van der Waals surface area contributed by atoms with Crippen molar-refractivity contribution in [3.63, 3.8) is 0 Å². The zero-order valence-corrected chi connectivity index (χ0v) is 18.4. The number of carbonyl (C=O) groups excluding carboxylic acids is 1. The van der Waals surface area contributed by atoms with E-state index in [0.29, 0.717) is 12.8 Å². The third kappa shape index (κ3) is 5.81. The summed E-state index contributed by atoms with van der Waals surface area (Å²) in [5, 5.41) is 2.92. The highest BCUT2D eigenvalue weighted by atomic mass is 32.2. The van der Waals surface area contributed by atoms with Crippen LogP contribution in [-0.4, -0.2) is 46.7 Å². The SMILES string of the molecule is CNS(=O)(=O)c1ccc(CCC(=O)Nc2ccc(N3CC(C)OC(C)C3)cc2)cc1. The second-order valence-electron chi connectivity index (χ2n) is 7.61. The van der Waals surface area contributed by atoms with Gasteiger partial charge in [0.1, 0.15) is 0 Å². The van der Waals surface area contributed by atoms with Crippen molar-refractivity contribution in [1.82, 2.24) is 4.72 Å². The Bertz CT molecular complexity index is 949. The molecule has 30 heavy (non-hydrogen) atoms. The molecule has 0 spiro atoms. The first-order valence-electron chi connectivity index (χ1n) is 10.1. The van der Waals surface area contributed by atoms with Crippen molar-refractivity contribution in [2.75, 3.05) is 30.4 Å². The fourth-order valence-corrected chi connectivity index (χ4v) is 4.31. The van der Waals surface area contributed by atoms with E-state index in [9.17, 15) is 13.2 Å². The summed E-state index contributed by atoms with van der Waals surface area (Å²) >= 11 is 0. The first kappa shape index (κ1) is 22.3. The molecule has 2 atom stereocenters. The van der Waals surface area contributed by atoms with Crippen LogP contribution in [0.5, 0.6) is 0 Å². The van der Waals surface area contributed by atoms with Crippen LogP contribution in [-0.2, 0) is 26.0 Å². The number of nitrogens with zero attached hydrogens (tertiary/aromatic N) is 1. The van der Waals surface area contributed by atoms with Gasteiger partial charge in [0.05, 0.1) is 17.1 Å². The van der Waals surface area contributed by atoms with Gasteiger partial charge in [0.2, 0.25) is 15.9 Å². The van der Waals surface area contributed by atoms with Crippen LogP contribution in [0.15, 0.2) is 53.4 Å². The third-order valence-electron chi connectivity index (χ3n) is 5.08. The van der Waals surface area contributed by atoms with E-state index >= 15 is 0 Å². The fourth-order valence-electron chi connectivity index (χ4n) is 3.58. The Morgan fingerprint density at radius 1 is 1.03 bits per heavy atom. The molecule has 0 aromatic heterocycles. The molecule has 1 saturated heterocycles. The van der Waals surface area contributed by atoms with Crippen molar-refractivity contribution in [2.24, 2.45) is 0 Å². The number of benzene rings is 2. The van der Waals surface area contributed by atoms with Gasteiger partial charge in [0, 0.05) is 30.9 Å². The number of aryl methyl sites for hydroxylation is 1. The second-order valence-corrected chi connectivity index (χ2v) is 9.50. The summed E-state index contributed by atoms with van der Waals surface area (Å²) in [6.45, 7) is 5.85. The zero-order valence-electron chi connectivity index (χ0n) is 17.6. The maximum absolute atomic E-state index is 12.3. The van der Waals surface area contributed by atoms with Crippen LogP contribution in [0.25, 0.3) is 0 Å². The van der Waals surface area contributed by atoms with Crippen molar-refractivity contribution in [3.8, 4) is 0 Å². The van der Waals surface area contributed by atoms with Crippen LogP contribution < -0.4 is 14.9 Å². The van der Waals surface area contributed by atoms with Crippen molar-refractivity contribution < 1.29 is 17.9 Å². The van der Waals surface area contributed by atoms with Crippen LogP contribution in [0.3, 0.4) is 0 Å². The Hall–Kier alpha value is -2.42. The van der Waals surface area contributed by atoms with Gasteiger partial charge >= 0.3 is 0 Å². The number of morpholine rings is 1. The highest BCUT2D eigenvalue weighted by Crippen LogP contribution is 2.22. The number of ether oxygens (including phenoxy) is 1. The molecule has 1 aliphatic rings. The molecule has 0 bridgehead atoms. The first-order valence-corrected chi connectivity index (χ1v) is 11.6. The molecule has 2 N–H and O–H groups in total. The average molecular weight is 432 g/mol. The molecule has 2 aromatic carbocycles. The molecule has 0 radical (unpaired) electrons. The Morgan fingerprint density at radius 2 is 1.63 bits per heavy atom. The molecule has 2 aromatic rings. The van der Waals surface area contributed by atoms with Crippen molar-refractivity contribution in [1.29, 1.82) is 0 Å². The van der Waals surface area contributed by atoms with E-state index in [1.54, 1.807) is 24.3 Å². The lowest BCUT2D eigenvalue weighted by Crippen LogP contribution is -2.45. The van der Waals surface area contributed by atoms with Crippen LogP contribution in [0, 0.1) is 0 Å². The summed E-state index contributed by atoms with van der Waals surface area (Å²) in [6.07, 6.45) is 1.24. The minimum absolute atomic E-state index is 0.0803. The Kier molecular flexibility index (Phi) is 7.12. The van der Waals surface area contributed by atoms with Gasteiger partial charge in [-0.15, -0.1) is 0 Å². The predicted molar refractivity (Wildman–Crippen MR) is 118 cm³/mol. The van der Waals surface area contributed by atoms with E-state index < -0.39 is 10.0 Å². The Labute approximate surface area is 178 Å². The van der Waals surface area contributed by atoms with Gasteiger partial charge in [0.15, 0.2) is 0 Å². The molecule has 0 saturated carbocycles. The van der Waals surface area contributed by atoms with Gasteiger partial charge < -0.3 is 15.0 Å². The average Bonchev–Trinajstić information content (AvgIpc) is 2.72. The molecule has 162 valence electrons. The zero-order chi connectivity index (χ0) is 21.7. The summed E-state index contributed by atoms with van der Waals surface area (Å²) in [5.41, 5.74) is 2.78. The minimum Gasteiger partial charge on any atom is -0.372 e. The molecule has 7 nitrogen and oxygen atoms in total. The normalized spacial score (nSPS) is 19.5. The van der Waals surface area contributed by atoms with Crippen LogP contribution in [0.2, 0.25) is 0 Å². The van der Waals surface area contributed by atoms with Gasteiger partial charge in [-0.25, -0.2) is 13.1 Å². The lowest BCUT2D eigenvalue weighted by molar-refractivity contribution is -0.116. The Morgan fingerprint density at radius 3 is 2.20 bits per heavy atom. The Balaban J connectivity index is 1.51. The van der Waals surface area contributed by atoms with Gasteiger partial charge in [-0.05, 0) is 69.3 Å². The fraction of sp³-hybridized carbons (Fsp3) is 0.409. The maximum Gasteiger partial charge on any atom is 0.240 e. The van der Waals surface area contributed by atoms with Crippen molar-refractivity contribution in [2.45, 2.75) is 43.8 Å². The summed E-state index contributed by atoms with van der Waals surface area (Å²) in [6, 6.07) is 14.4. The van der Waals surface area contributed by atoms with Crippen molar-refractivity contribution >= 4 is 27.3 Å². The van der Waals surface area contributed by atoms with Crippen molar-refractivity contribution in [3.05, 3.63) is 54.1 Å². The third-order valence-corrected chi connectivity index (χ3v) is 6.51. The smallest absolute Gasteiger partial charge is 0.240 e. The van der Waals surface area contributed by atoms with Gasteiger partial charge in [-0.3, -0.25) is 4.79 Å². The monoisotopic (exact) mass is 431 g/mol. The maximum atomic E-state index is 12.3. The highest BCUT2D eigenvalue weighted by molar-refractivity contribution is 7.89. The number of carbonyl (C=O) groups is 1. The number of anilines is 2. The van der Waals surface area contributed by atoms with E-state index in [4.69, 9.17) is 4.74 Å². The second kappa shape index (κ2) is 9.59. The largest absolute Gasteiger partial charge is 0.372 e. The molecule has 1 aliphatic heterocycles. The first-order chi connectivity index (χ1) is 14.3. The lowest BCUT2D eigenvalue weighted by atomic mass is 10.1. The highest BCUT2D eigenvalue weighted by Gasteiger charge is 2.22. The molecule has 1 heterocycles. The number of sulfonamides is 1. The van der Waals surface area contributed by atoms with E-state index in [0.717, 1.165) is 30.0 Å². The van der Waals surface area contributed by atoms with Gasteiger partial charge in [-0.2, -0.15) is 0 Å². The summed E-state index contributed by atoms with van der Waals surface area (Å²) < 4.78 is 31.6. The topological polar surface area (TPSA) is 87.7 Å². The lowest BCUT2D eigenvalue weighted by Gasteiger charge is -2.36. The molecule has 1 amide bonds. The summed E-state index contributed by atoms with van der Waals surface area (Å²) in [7, 11) is -2.07.